The van der Waals surface area contributed by atoms with Gasteiger partial charge in [0.1, 0.15) is 0 Å². The first-order valence-electron chi connectivity index (χ1n) is 7.91. The number of rotatable bonds is 3. The van der Waals surface area contributed by atoms with Crippen molar-refractivity contribution >= 4 is 27.1 Å². The Hall–Kier alpha value is -1.73. The smallest absolute Gasteiger partial charge is 0.227 e. The molecule has 1 aliphatic heterocycles. The zero-order valence-corrected chi connectivity index (χ0v) is 15.1. The Labute approximate surface area is 146 Å². The maximum Gasteiger partial charge on any atom is 0.227 e. The number of hydrogen-bond donors (Lipinski definition) is 0. The van der Waals surface area contributed by atoms with Gasteiger partial charge in [-0.25, -0.2) is 13.4 Å². The molecule has 1 unspecified atom stereocenters. The molecule has 0 saturated carbocycles. The Morgan fingerprint density at radius 2 is 2.04 bits per heavy atom. The molecule has 1 saturated heterocycles. The fourth-order valence-corrected chi connectivity index (χ4v) is 5.56. The third-order valence-electron chi connectivity index (χ3n) is 4.26. The van der Waals surface area contributed by atoms with E-state index >= 15 is 0 Å². The number of benzene rings is 1. The van der Waals surface area contributed by atoms with E-state index < -0.39 is 15.1 Å². The van der Waals surface area contributed by atoms with Crippen LogP contribution in [0.5, 0.6) is 0 Å². The first kappa shape index (κ1) is 17.1. The van der Waals surface area contributed by atoms with E-state index in [-0.39, 0.29) is 18.2 Å². The summed E-state index contributed by atoms with van der Waals surface area (Å²) in [4.78, 5) is 19.3. The molecule has 1 aromatic carbocycles. The molecule has 2 aromatic rings. The zero-order valence-electron chi connectivity index (χ0n) is 13.5. The van der Waals surface area contributed by atoms with Gasteiger partial charge in [-0.1, -0.05) is 30.3 Å². The Morgan fingerprint density at radius 3 is 2.71 bits per heavy atom. The second kappa shape index (κ2) is 7.03. The minimum atomic E-state index is -3.25. The molecule has 0 aliphatic carbocycles. The molecule has 7 heteroatoms. The minimum Gasteiger partial charge on any atom is -0.341 e. The molecule has 1 fully saturated rings. The lowest BCUT2D eigenvalue weighted by atomic mass is 10.1. The van der Waals surface area contributed by atoms with Crippen molar-refractivity contribution in [3.05, 3.63) is 52.0 Å². The predicted octanol–water partition coefficient (Wildman–Crippen LogP) is 2.38. The van der Waals surface area contributed by atoms with Crippen LogP contribution in [0.1, 0.15) is 27.1 Å². The third kappa shape index (κ3) is 3.84. The molecule has 24 heavy (non-hydrogen) atoms. The van der Waals surface area contributed by atoms with E-state index in [9.17, 15) is 13.2 Å². The highest BCUT2D eigenvalue weighted by Gasteiger charge is 2.32. The zero-order chi connectivity index (χ0) is 17.2. The normalized spacial score (nSPS) is 20.5. The SMILES string of the molecule is Cc1ncc(CC(=O)N2CCC(c3ccccc3)S(=O)(=O)CC2)s1. The molecule has 3 rings (SSSR count). The van der Waals surface area contributed by atoms with Gasteiger partial charge < -0.3 is 4.90 Å². The first-order valence-corrected chi connectivity index (χ1v) is 10.4. The van der Waals surface area contributed by atoms with E-state index in [1.54, 1.807) is 11.1 Å². The van der Waals surface area contributed by atoms with Crippen LogP contribution in [0, 0.1) is 6.92 Å². The van der Waals surface area contributed by atoms with Crippen LogP contribution in [0.2, 0.25) is 0 Å². The molecule has 5 nitrogen and oxygen atoms in total. The second-order valence-corrected chi connectivity index (χ2v) is 9.58. The summed E-state index contributed by atoms with van der Waals surface area (Å²) in [7, 11) is -3.25. The molecule has 1 aliphatic rings. The lowest BCUT2D eigenvalue weighted by Gasteiger charge is -2.19. The van der Waals surface area contributed by atoms with Crippen molar-refractivity contribution in [1.82, 2.24) is 9.88 Å². The summed E-state index contributed by atoms with van der Waals surface area (Å²) in [5, 5.41) is 0.405. The van der Waals surface area contributed by atoms with Crippen molar-refractivity contribution < 1.29 is 13.2 Å². The lowest BCUT2D eigenvalue weighted by molar-refractivity contribution is -0.130. The molecule has 0 bridgehead atoms. The van der Waals surface area contributed by atoms with Crippen molar-refractivity contribution in [2.45, 2.75) is 25.0 Å². The maximum absolute atomic E-state index is 12.6. The van der Waals surface area contributed by atoms with Crippen LogP contribution < -0.4 is 0 Å². The highest BCUT2D eigenvalue weighted by molar-refractivity contribution is 7.91. The van der Waals surface area contributed by atoms with Crippen molar-refractivity contribution in [1.29, 1.82) is 0 Å². The molecule has 0 N–H and O–H groups in total. The first-order chi connectivity index (χ1) is 11.5. The van der Waals surface area contributed by atoms with Crippen LogP contribution in [-0.4, -0.2) is 43.1 Å². The molecule has 128 valence electrons. The van der Waals surface area contributed by atoms with E-state index in [0.29, 0.717) is 19.4 Å². The standard InChI is InChI=1S/C17H20N2O3S2/c1-13-18-12-15(23-13)11-17(20)19-8-7-16(24(21,22)10-9-19)14-5-3-2-4-6-14/h2-6,12,16H,7-11H2,1H3. The van der Waals surface area contributed by atoms with Gasteiger partial charge in [-0.05, 0) is 18.9 Å². The Morgan fingerprint density at radius 1 is 1.29 bits per heavy atom. The van der Waals surface area contributed by atoms with Gasteiger partial charge in [-0.15, -0.1) is 11.3 Å². The van der Waals surface area contributed by atoms with Crippen molar-refractivity contribution in [2.75, 3.05) is 18.8 Å². The second-order valence-electron chi connectivity index (χ2n) is 5.96. The van der Waals surface area contributed by atoms with Crippen LogP contribution in [0.15, 0.2) is 36.5 Å². The van der Waals surface area contributed by atoms with E-state index in [2.05, 4.69) is 4.98 Å². The van der Waals surface area contributed by atoms with Crippen LogP contribution in [0.25, 0.3) is 0 Å². The Bertz CT molecular complexity index is 815. The number of aryl methyl sites for hydroxylation is 1. The van der Waals surface area contributed by atoms with Crippen LogP contribution in [0.3, 0.4) is 0 Å². The Balaban J connectivity index is 1.72. The minimum absolute atomic E-state index is 0.0139. The van der Waals surface area contributed by atoms with Gasteiger partial charge in [0, 0.05) is 24.2 Å². The number of hydrogen-bond acceptors (Lipinski definition) is 5. The monoisotopic (exact) mass is 364 g/mol. The molecule has 0 spiro atoms. The summed E-state index contributed by atoms with van der Waals surface area (Å²) in [5.41, 5.74) is 0.810. The molecule has 1 amide bonds. The van der Waals surface area contributed by atoms with Crippen molar-refractivity contribution in [3.63, 3.8) is 0 Å². The summed E-state index contributed by atoms with van der Waals surface area (Å²) >= 11 is 1.51. The van der Waals surface area contributed by atoms with Gasteiger partial charge in [-0.3, -0.25) is 4.79 Å². The highest BCUT2D eigenvalue weighted by atomic mass is 32.2. The van der Waals surface area contributed by atoms with Gasteiger partial charge >= 0.3 is 0 Å². The van der Waals surface area contributed by atoms with Crippen LogP contribution >= 0.6 is 11.3 Å². The lowest BCUT2D eigenvalue weighted by Crippen LogP contribution is -2.34. The number of carbonyl (C=O) groups excluding carboxylic acids is 1. The van der Waals surface area contributed by atoms with Gasteiger partial charge in [0.25, 0.3) is 0 Å². The van der Waals surface area contributed by atoms with E-state index in [4.69, 9.17) is 0 Å². The molecule has 0 radical (unpaired) electrons. The molecule has 1 atom stereocenters. The van der Waals surface area contributed by atoms with E-state index in [1.807, 2.05) is 37.3 Å². The summed E-state index contributed by atoms with van der Waals surface area (Å²) < 4.78 is 25.2. The predicted molar refractivity (Wildman–Crippen MR) is 94.7 cm³/mol. The topological polar surface area (TPSA) is 67.3 Å². The van der Waals surface area contributed by atoms with E-state index in [1.165, 1.54) is 11.3 Å². The van der Waals surface area contributed by atoms with Crippen LogP contribution in [-0.2, 0) is 21.1 Å². The maximum atomic E-state index is 12.6. The van der Waals surface area contributed by atoms with Gasteiger partial charge in [-0.2, -0.15) is 0 Å². The number of thiazole rings is 1. The molecular formula is C17H20N2O3S2. The van der Waals surface area contributed by atoms with Gasteiger partial charge in [0.2, 0.25) is 5.91 Å². The fourth-order valence-electron chi connectivity index (χ4n) is 2.98. The number of aromatic nitrogens is 1. The van der Waals surface area contributed by atoms with Gasteiger partial charge in [0.05, 0.1) is 22.4 Å². The summed E-state index contributed by atoms with van der Waals surface area (Å²) in [6, 6.07) is 9.27. The summed E-state index contributed by atoms with van der Waals surface area (Å²) in [6.07, 6.45) is 2.46. The van der Waals surface area contributed by atoms with E-state index in [0.717, 1.165) is 15.4 Å². The number of carbonyl (C=O) groups is 1. The van der Waals surface area contributed by atoms with Crippen molar-refractivity contribution in [3.8, 4) is 0 Å². The average molecular weight is 364 g/mol. The van der Waals surface area contributed by atoms with Crippen LogP contribution in [0.4, 0.5) is 0 Å². The molecular weight excluding hydrogens is 344 g/mol. The Kier molecular flexibility index (Phi) is 5.01. The molecule has 2 heterocycles. The average Bonchev–Trinajstić information content (AvgIpc) is 2.88. The highest BCUT2D eigenvalue weighted by Crippen LogP contribution is 2.29. The quantitative estimate of drug-likeness (QED) is 0.839. The largest absolute Gasteiger partial charge is 0.341 e. The molecule has 1 aromatic heterocycles. The number of sulfone groups is 1. The summed E-state index contributed by atoms with van der Waals surface area (Å²) in [5.74, 6) is -0.0115. The number of amides is 1. The number of nitrogens with zero attached hydrogens (tertiary/aromatic N) is 2. The third-order valence-corrected chi connectivity index (χ3v) is 7.30. The fraction of sp³-hybridized carbons (Fsp3) is 0.412. The van der Waals surface area contributed by atoms with Gasteiger partial charge in [0.15, 0.2) is 9.84 Å². The summed E-state index contributed by atoms with van der Waals surface area (Å²) in [6.45, 7) is 2.64. The van der Waals surface area contributed by atoms with Crippen molar-refractivity contribution in [2.24, 2.45) is 0 Å².